The van der Waals surface area contributed by atoms with Gasteiger partial charge >= 0.3 is 0 Å². The summed E-state index contributed by atoms with van der Waals surface area (Å²) in [4.78, 5) is 81.8. The molecule has 0 radical (unpaired) electrons. The molecule has 1 saturated heterocycles. The van der Waals surface area contributed by atoms with E-state index >= 15 is 0 Å². The van der Waals surface area contributed by atoms with Crippen LogP contribution in [0.25, 0.3) is 65.2 Å². The van der Waals surface area contributed by atoms with Crippen LogP contribution in [0.3, 0.4) is 0 Å². The third-order valence-electron chi connectivity index (χ3n) is 13.3. The fourth-order valence-corrected chi connectivity index (χ4v) is 9.76. The van der Waals surface area contributed by atoms with Crippen molar-refractivity contribution < 1.29 is 78.4 Å². The molecule has 0 spiro atoms. The molecule has 17 heteroatoms. The molecule has 2 saturated carbocycles. The number of rotatable bonds is 6. The molecule has 1 aliphatic heterocycles. The average Bonchev–Trinajstić information content (AvgIpc) is 4.12. The minimum Gasteiger partial charge on any atom is -0.392 e. The molecule has 2 amide bonds. The molecule has 9 aromatic rings. The van der Waals surface area contributed by atoms with Gasteiger partial charge in [-0.25, -0.2) is 0 Å². The monoisotopic (exact) mass is 1140 g/mol. The second-order valence-corrected chi connectivity index (χ2v) is 17.6. The number of amides is 2. The van der Waals surface area contributed by atoms with Crippen LogP contribution >= 0.6 is 0 Å². The van der Waals surface area contributed by atoms with Crippen molar-refractivity contribution in [1.29, 1.82) is 0 Å². The van der Waals surface area contributed by atoms with Gasteiger partial charge in [-0.15, -0.1) is 0 Å². The van der Waals surface area contributed by atoms with Crippen LogP contribution in [0.2, 0.25) is 0 Å². The predicted molar refractivity (Wildman–Crippen MR) is 263 cm³/mol. The summed E-state index contributed by atoms with van der Waals surface area (Å²) in [6.07, 6.45) is 3.25. The molecule has 3 atom stereocenters. The minimum atomic E-state index is -0.489. The van der Waals surface area contributed by atoms with Crippen molar-refractivity contribution >= 4 is 106 Å². The summed E-state index contributed by atoms with van der Waals surface area (Å²) in [7, 11) is 0. The zero-order chi connectivity index (χ0) is 47.9. The van der Waals surface area contributed by atoms with E-state index in [1.54, 1.807) is 24.3 Å². The van der Waals surface area contributed by atoms with Gasteiger partial charge in [-0.3, -0.25) is 38.9 Å². The maximum Gasteiger partial charge on any atom is 0.235 e. The number of benzene rings is 6. The number of hydrogen-bond donors (Lipinski definition) is 3. The second kappa shape index (κ2) is 21.9. The first-order valence-electron chi connectivity index (χ1n) is 22.5. The summed E-state index contributed by atoms with van der Waals surface area (Å²) in [5.74, 6) is -2.05. The Kier molecular flexibility index (Phi) is 16.0. The molecule has 3 fully saturated rings. The number of nitrogens with zero attached hydrogens (tertiary/aromatic N) is 3. The quantitative estimate of drug-likeness (QED) is 0.0608. The van der Waals surface area contributed by atoms with E-state index in [-0.39, 0.29) is 103 Å². The van der Waals surface area contributed by atoms with Gasteiger partial charge in [-0.2, -0.15) is 0 Å². The third kappa shape index (κ3) is 9.94. The number of aliphatic hydroxyl groups is 2. The number of fused-ring (bicyclic) bond motifs is 9. The van der Waals surface area contributed by atoms with Crippen LogP contribution in [0.1, 0.15) is 115 Å². The first kappa shape index (κ1) is 52.4. The van der Waals surface area contributed by atoms with E-state index in [0.717, 1.165) is 65.9 Å². The maximum atomic E-state index is 12.2. The van der Waals surface area contributed by atoms with Crippen molar-refractivity contribution in [3.63, 3.8) is 0 Å². The number of piperidine rings is 1. The van der Waals surface area contributed by atoms with E-state index in [1.807, 2.05) is 66.7 Å². The van der Waals surface area contributed by atoms with Gasteiger partial charge in [0, 0.05) is 45.9 Å². The van der Waals surface area contributed by atoms with E-state index in [1.165, 1.54) is 0 Å². The van der Waals surface area contributed by atoms with E-state index in [0.29, 0.717) is 77.9 Å². The van der Waals surface area contributed by atoms with Crippen LogP contribution in [-0.4, -0.2) is 66.9 Å². The first-order valence-corrected chi connectivity index (χ1v) is 22.5. The number of ketones is 4. The molecule has 6 aromatic carbocycles. The Morgan fingerprint density at radius 3 is 1.35 bits per heavy atom. The number of aldehydes is 1. The molecular weight excluding hydrogens is 1090 g/mol. The number of imide groups is 1. The van der Waals surface area contributed by atoms with Crippen molar-refractivity contribution in [3.8, 4) is 0 Å². The van der Waals surface area contributed by atoms with Crippen molar-refractivity contribution in [2.45, 2.75) is 89.8 Å². The molecule has 368 valence electrons. The number of Topliss-reactive ketones (excluding diaryl/α,β-unsaturated/α-hetero) is 4. The van der Waals surface area contributed by atoms with Gasteiger partial charge in [0.2, 0.25) is 11.8 Å². The molecule has 0 bridgehead atoms. The van der Waals surface area contributed by atoms with E-state index < -0.39 is 11.8 Å². The normalized spacial score (nSPS) is 17.9. The van der Waals surface area contributed by atoms with Crippen molar-refractivity contribution in [2.24, 2.45) is 0 Å². The topological polar surface area (TPSA) is 250 Å². The van der Waals surface area contributed by atoms with Crippen molar-refractivity contribution in [1.82, 2.24) is 20.8 Å². The Hall–Kier alpha value is -7.39. The summed E-state index contributed by atoms with van der Waals surface area (Å²) in [6.45, 7) is -0.0503. The first-order chi connectivity index (χ1) is 33.5. The molecule has 3 aromatic heterocycles. The molecule has 12 rings (SSSR count). The van der Waals surface area contributed by atoms with E-state index in [9.17, 15) is 43.8 Å². The van der Waals surface area contributed by atoms with E-state index in [4.69, 9.17) is 13.6 Å². The van der Waals surface area contributed by atoms with E-state index in [2.05, 4.69) is 20.8 Å². The van der Waals surface area contributed by atoms with Crippen molar-refractivity contribution in [2.75, 3.05) is 0 Å². The largest absolute Gasteiger partial charge is 0.392 e. The summed E-state index contributed by atoms with van der Waals surface area (Å²) in [6, 6.07) is 27.8. The minimum absolute atomic E-state index is 0. The summed E-state index contributed by atoms with van der Waals surface area (Å²) in [5.41, 5.74) is 5.87. The number of aliphatic hydroxyl groups excluding tert-OH is 2. The van der Waals surface area contributed by atoms with Crippen LogP contribution in [-0.2, 0) is 63.0 Å². The van der Waals surface area contributed by atoms with Crippen LogP contribution in [0, 0.1) is 7.43 Å². The standard InChI is InChI=1S/C18H15NO4.C18H13NO4.C17H14N2O4.CH4.CH3.W/c2*20-9-10-1-4-13-11(7-10)2-6-16-17(13)18(19-23-16)14-5-3-12(21)8-15(14)22;20-8-9-1-3-11-10(7-9)2-5-13-15(11)16(19-23-13)12-4-6-14(21)18-17(12)22;;;/h1-2,4,6-7,14,20H,3,5,8-9H2;1-2,4,6-7,9,14H,3,5,8H2;1-3,5,7,12,20H,4,6,8H2,(H,18,21,22);1H4;1H3;/q;;;;-1;. The molecular formula is C55H49N4O12W-. The smallest absolute Gasteiger partial charge is 0.235 e. The zero-order valence-electron chi connectivity index (χ0n) is 38.3. The Morgan fingerprint density at radius 1 is 0.542 bits per heavy atom. The maximum absolute atomic E-state index is 12.2. The molecule has 4 heterocycles. The summed E-state index contributed by atoms with van der Waals surface area (Å²) in [5, 5.41) is 41.2. The molecule has 3 N–H and O–H groups in total. The molecule has 3 aliphatic rings. The number of nitrogens with one attached hydrogen (secondary N) is 1. The van der Waals surface area contributed by atoms with Gasteiger partial charge < -0.3 is 31.2 Å². The van der Waals surface area contributed by atoms with Crippen LogP contribution < -0.4 is 5.32 Å². The fraction of sp³-hybridized carbons (Fsp3) is 0.255. The summed E-state index contributed by atoms with van der Waals surface area (Å²) < 4.78 is 16.2. The Labute approximate surface area is 425 Å². The molecule has 72 heavy (non-hydrogen) atoms. The van der Waals surface area contributed by atoms with Gasteiger partial charge in [-0.1, -0.05) is 77.5 Å². The number of hydrogen-bond acceptors (Lipinski definition) is 15. The number of carbonyl (C=O) groups is 7. The molecule has 2 aliphatic carbocycles. The predicted octanol–water partition coefficient (Wildman–Crippen LogP) is 9.16. The molecule has 16 nitrogen and oxygen atoms in total. The Bertz CT molecular complexity index is 3450. The second-order valence-electron chi connectivity index (χ2n) is 17.6. The fourth-order valence-electron chi connectivity index (χ4n) is 9.76. The number of aromatic nitrogens is 3. The van der Waals surface area contributed by atoms with Crippen LogP contribution in [0.4, 0.5) is 0 Å². The van der Waals surface area contributed by atoms with Crippen molar-refractivity contribution in [3.05, 3.63) is 132 Å². The van der Waals surface area contributed by atoms with Gasteiger partial charge in [0.25, 0.3) is 0 Å². The Balaban J connectivity index is 0.000000155. The third-order valence-corrected chi connectivity index (χ3v) is 13.3. The van der Waals surface area contributed by atoms with Gasteiger partial charge in [0.05, 0.1) is 60.0 Å². The zero-order valence-corrected chi connectivity index (χ0v) is 41.2. The van der Waals surface area contributed by atoms with Gasteiger partial charge in [0.1, 0.15) is 46.5 Å². The van der Waals surface area contributed by atoms with Gasteiger partial charge in [-0.05, 0) is 99.1 Å². The number of carbonyl (C=O) groups excluding carboxylic acids is 7. The average molecular weight is 1140 g/mol. The molecule has 3 unspecified atom stereocenters. The SMILES string of the molecule is C.O=C1CCC(c2noc3ccc4cc(CO)ccc4c23)C(=O)C1.O=C1CCC(c2noc3ccc4cc(CO)ccc4c23)C(=O)N1.O=Cc1ccc2c(ccc3onc(C4CCC(=O)CC4=O)c32)c1.[CH3-].[W]. The summed E-state index contributed by atoms with van der Waals surface area (Å²) >= 11 is 0. The van der Waals surface area contributed by atoms with Gasteiger partial charge in [0.15, 0.2) is 16.7 Å². The Morgan fingerprint density at radius 2 is 0.944 bits per heavy atom. The van der Waals surface area contributed by atoms with Crippen LogP contribution in [0.15, 0.2) is 105 Å². The van der Waals surface area contributed by atoms with Crippen LogP contribution in [0.5, 0.6) is 0 Å².